The Morgan fingerprint density at radius 1 is 1.45 bits per heavy atom. The van der Waals surface area contributed by atoms with Gasteiger partial charge in [0.2, 0.25) is 0 Å². The number of ether oxygens (including phenoxy) is 1. The van der Waals surface area contributed by atoms with Crippen LogP contribution in [0, 0.1) is 0 Å². The quantitative estimate of drug-likeness (QED) is 0.869. The van der Waals surface area contributed by atoms with Gasteiger partial charge in [-0.05, 0) is 37.5 Å². The number of rotatable bonds is 5. The summed E-state index contributed by atoms with van der Waals surface area (Å²) in [6, 6.07) is 4.15. The molecule has 7 heteroatoms. The fraction of sp³-hybridized carbons (Fsp3) is 0.462. The van der Waals surface area contributed by atoms with Crippen molar-refractivity contribution in [3.8, 4) is 0 Å². The van der Waals surface area contributed by atoms with Crippen molar-refractivity contribution in [3.63, 3.8) is 0 Å². The number of hydrogen-bond donors (Lipinski definition) is 1. The number of hydrogen-bond acceptors (Lipinski definition) is 4. The number of sulfone groups is 1. The summed E-state index contributed by atoms with van der Waals surface area (Å²) in [6.45, 7) is 0.669. The molecule has 0 spiro atoms. The highest BCUT2D eigenvalue weighted by molar-refractivity contribution is 9.10. The zero-order valence-electron chi connectivity index (χ0n) is 10.7. The second-order valence-corrected chi connectivity index (χ2v) is 7.68. The summed E-state index contributed by atoms with van der Waals surface area (Å²) in [5.74, 6) is -1.35. The van der Waals surface area contributed by atoms with Gasteiger partial charge in [-0.3, -0.25) is 0 Å². The predicted octanol–water partition coefficient (Wildman–Crippen LogP) is 2.49. The van der Waals surface area contributed by atoms with Crippen molar-refractivity contribution < 1.29 is 23.1 Å². The van der Waals surface area contributed by atoms with Gasteiger partial charge in [0.1, 0.15) is 0 Å². The lowest BCUT2D eigenvalue weighted by Gasteiger charge is -2.11. The molecule has 110 valence electrons. The number of benzene rings is 1. The summed E-state index contributed by atoms with van der Waals surface area (Å²) in [7, 11) is -3.64. The summed E-state index contributed by atoms with van der Waals surface area (Å²) in [6.07, 6.45) is 2.17. The van der Waals surface area contributed by atoms with Crippen LogP contribution in [0.2, 0.25) is 0 Å². The van der Waals surface area contributed by atoms with Crippen LogP contribution in [-0.4, -0.2) is 38.0 Å². The maximum Gasteiger partial charge on any atom is 0.337 e. The number of carboxylic acid groups (broad SMARTS) is 1. The monoisotopic (exact) mass is 362 g/mol. The SMILES string of the molecule is O=C(O)c1ccc(Br)cc1S(=O)(=O)CCC1CCCO1. The fourth-order valence-electron chi connectivity index (χ4n) is 2.20. The molecule has 20 heavy (non-hydrogen) atoms. The van der Waals surface area contributed by atoms with Crippen molar-refractivity contribution in [2.45, 2.75) is 30.3 Å². The van der Waals surface area contributed by atoms with Crippen molar-refractivity contribution in [2.24, 2.45) is 0 Å². The first-order valence-electron chi connectivity index (χ1n) is 6.27. The van der Waals surface area contributed by atoms with Crippen LogP contribution < -0.4 is 0 Å². The molecule has 2 rings (SSSR count). The normalized spacial score (nSPS) is 19.1. The molecule has 1 unspecified atom stereocenters. The first-order valence-corrected chi connectivity index (χ1v) is 8.72. The number of carboxylic acids is 1. The van der Waals surface area contributed by atoms with Crippen LogP contribution in [0.1, 0.15) is 29.6 Å². The van der Waals surface area contributed by atoms with Gasteiger partial charge < -0.3 is 9.84 Å². The van der Waals surface area contributed by atoms with E-state index in [-0.39, 0.29) is 22.3 Å². The molecule has 1 aromatic carbocycles. The summed E-state index contributed by atoms with van der Waals surface area (Å²) in [5, 5.41) is 9.10. The third-order valence-corrected chi connectivity index (χ3v) is 5.52. The largest absolute Gasteiger partial charge is 0.478 e. The molecule has 1 aromatic rings. The van der Waals surface area contributed by atoms with E-state index in [1.807, 2.05) is 0 Å². The molecule has 1 fully saturated rings. The molecule has 0 radical (unpaired) electrons. The Kier molecular flexibility index (Phi) is 4.82. The standard InChI is InChI=1S/C13H15BrO5S/c14-9-3-4-11(13(15)16)12(8-9)20(17,18)7-5-10-2-1-6-19-10/h3-4,8,10H,1-2,5-7H2,(H,15,16). The molecule has 1 atom stereocenters. The first kappa shape index (κ1) is 15.5. The van der Waals surface area contributed by atoms with Crippen molar-refractivity contribution >= 4 is 31.7 Å². The van der Waals surface area contributed by atoms with E-state index in [0.29, 0.717) is 17.5 Å². The molecular weight excluding hydrogens is 348 g/mol. The minimum atomic E-state index is -3.64. The highest BCUT2D eigenvalue weighted by Crippen LogP contribution is 2.24. The van der Waals surface area contributed by atoms with Crippen LogP contribution in [0.5, 0.6) is 0 Å². The second kappa shape index (κ2) is 6.24. The third-order valence-electron chi connectivity index (χ3n) is 3.24. The molecule has 0 amide bonds. The molecule has 0 aromatic heterocycles. The van der Waals surface area contributed by atoms with Crippen LogP contribution in [-0.2, 0) is 14.6 Å². The maximum absolute atomic E-state index is 12.3. The summed E-state index contributed by atoms with van der Waals surface area (Å²) >= 11 is 3.17. The van der Waals surface area contributed by atoms with Gasteiger partial charge in [0, 0.05) is 11.1 Å². The number of halogens is 1. The van der Waals surface area contributed by atoms with E-state index in [0.717, 1.165) is 12.8 Å². The average Bonchev–Trinajstić information content (AvgIpc) is 2.89. The summed E-state index contributed by atoms with van der Waals surface area (Å²) < 4.78 is 30.6. The molecule has 0 saturated carbocycles. The van der Waals surface area contributed by atoms with Crippen molar-refractivity contribution in [1.82, 2.24) is 0 Å². The molecule has 1 aliphatic rings. The van der Waals surface area contributed by atoms with Crippen molar-refractivity contribution in [3.05, 3.63) is 28.2 Å². The predicted molar refractivity (Wildman–Crippen MR) is 76.7 cm³/mol. The molecule has 0 aliphatic carbocycles. The number of aromatic carboxylic acids is 1. The summed E-state index contributed by atoms with van der Waals surface area (Å²) in [4.78, 5) is 11.0. The van der Waals surface area contributed by atoms with Gasteiger partial charge in [0.25, 0.3) is 0 Å². The van der Waals surface area contributed by atoms with Gasteiger partial charge in [-0.15, -0.1) is 0 Å². The molecular formula is C13H15BrO5S. The maximum atomic E-state index is 12.3. The highest BCUT2D eigenvalue weighted by Gasteiger charge is 2.25. The first-order chi connectivity index (χ1) is 9.40. The molecule has 1 saturated heterocycles. The fourth-order valence-corrected chi connectivity index (χ4v) is 4.30. The van der Waals surface area contributed by atoms with Crippen LogP contribution >= 0.6 is 15.9 Å². The Bertz CT molecular complexity index is 605. The lowest BCUT2D eigenvalue weighted by atomic mass is 10.2. The Morgan fingerprint density at radius 2 is 2.20 bits per heavy atom. The lowest BCUT2D eigenvalue weighted by molar-refractivity contribution is 0.0692. The van der Waals surface area contributed by atoms with Gasteiger partial charge in [-0.1, -0.05) is 15.9 Å². The Balaban J connectivity index is 2.23. The molecule has 1 aliphatic heterocycles. The van der Waals surface area contributed by atoms with Crippen molar-refractivity contribution in [2.75, 3.05) is 12.4 Å². The minimum absolute atomic E-state index is 0.0368. The van der Waals surface area contributed by atoms with E-state index in [2.05, 4.69) is 15.9 Å². The van der Waals surface area contributed by atoms with Crippen LogP contribution in [0.3, 0.4) is 0 Å². The van der Waals surface area contributed by atoms with E-state index >= 15 is 0 Å². The zero-order valence-corrected chi connectivity index (χ0v) is 13.1. The highest BCUT2D eigenvalue weighted by atomic mass is 79.9. The van der Waals surface area contributed by atoms with E-state index in [1.165, 1.54) is 18.2 Å². The number of carbonyl (C=O) groups is 1. The average molecular weight is 363 g/mol. The second-order valence-electron chi connectivity index (χ2n) is 4.69. The Hall–Kier alpha value is -0.920. The molecule has 0 bridgehead atoms. The van der Waals surface area contributed by atoms with Crippen LogP contribution in [0.4, 0.5) is 0 Å². The van der Waals surface area contributed by atoms with E-state index in [9.17, 15) is 13.2 Å². The topological polar surface area (TPSA) is 80.7 Å². The van der Waals surface area contributed by atoms with E-state index < -0.39 is 15.8 Å². The molecule has 5 nitrogen and oxygen atoms in total. The Labute approximate surface area is 126 Å². The van der Waals surface area contributed by atoms with Gasteiger partial charge in [-0.2, -0.15) is 0 Å². The smallest absolute Gasteiger partial charge is 0.337 e. The minimum Gasteiger partial charge on any atom is -0.478 e. The molecule has 1 N–H and O–H groups in total. The van der Waals surface area contributed by atoms with Gasteiger partial charge in [-0.25, -0.2) is 13.2 Å². The lowest BCUT2D eigenvalue weighted by Crippen LogP contribution is -2.17. The van der Waals surface area contributed by atoms with Crippen LogP contribution in [0.15, 0.2) is 27.6 Å². The third kappa shape index (κ3) is 3.59. The van der Waals surface area contributed by atoms with Crippen LogP contribution in [0.25, 0.3) is 0 Å². The molecule has 1 heterocycles. The summed E-state index contributed by atoms with van der Waals surface area (Å²) in [5.41, 5.74) is -0.194. The van der Waals surface area contributed by atoms with Crippen molar-refractivity contribution in [1.29, 1.82) is 0 Å². The Morgan fingerprint density at radius 3 is 2.80 bits per heavy atom. The van der Waals surface area contributed by atoms with Gasteiger partial charge in [0.15, 0.2) is 9.84 Å². The van der Waals surface area contributed by atoms with E-state index in [1.54, 1.807) is 0 Å². The van der Waals surface area contributed by atoms with Gasteiger partial charge >= 0.3 is 5.97 Å². The zero-order chi connectivity index (χ0) is 14.8. The van der Waals surface area contributed by atoms with Gasteiger partial charge in [0.05, 0.1) is 22.3 Å². The van der Waals surface area contributed by atoms with E-state index in [4.69, 9.17) is 9.84 Å².